The van der Waals surface area contributed by atoms with Gasteiger partial charge in [0.1, 0.15) is 6.29 Å². The summed E-state index contributed by atoms with van der Waals surface area (Å²) in [6, 6.07) is 6.57. The van der Waals surface area contributed by atoms with Gasteiger partial charge in [0, 0.05) is 34.5 Å². The molecule has 0 saturated heterocycles. The molecule has 0 saturated carbocycles. The number of nitrogens with zero attached hydrogens (tertiary/aromatic N) is 1. The number of hydrogen-bond donors (Lipinski definition) is 1. The first-order valence-electron chi connectivity index (χ1n) is 6.31. The fourth-order valence-corrected chi connectivity index (χ4v) is 2.57. The van der Waals surface area contributed by atoms with Crippen LogP contribution in [0.5, 0.6) is 0 Å². The SMILES string of the molecule is CC1=C(C)C(c2ccccc2[N+](=O)[O-])C(C=O)=C(C)N1. The first-order chi connectivity index (χ1) is 9.47. The number of aldehydes is 1. The first kappa shape index (κ1) is 14.0. The van der Waals surface area contributed by atoms with E-state index >= 15 is 0 Å². The summed E-state index contributed by atoms with van der Waals surface area (Å²) in [5.74, 6) is -0.365. The third kappa shape index (κ3) is 2.22. The van der Waals surface area contributed by atoms with E-state index in [1.807, 2.05) is 13.8 Å². The predicted octanol–water partition coefficient (Wildman–Crippen LogP) is 3.05. The van der Waals surface area contributed by atoms with Crippen molar-refractivity contribution in [3.05, 3.63) is 62.5 Å². The van der Waals surface area contributed by atoms with E-state index in [0.717, 1.165) is 23.3 Å². The summed E-state index contributed by atoms with van der Waals surface area (Å²) in [4.78, 5) is 22.2. The summed E-state index contributed by atoms with van der Waals surface area (Å²) in [6.45, 7) is 5.60. The van der Waals surface area contributed by atoms with Crippen LogP contribution in [0.1, 0.15) is 32.3 Å². The van der Waals surface area contributed by atoms with Crippen molar-refractivity contribution in [1.29, 1.82) is 0 Å². The molecule has 1 unspecified atom stereocenters. The molecule has 0 bridgehead atoms. The van der Waals surface area contributed by atoms with Crippen molar-refractivity contribution < 1.29 is 9.72 Å². The summed E-state index contributed by atoms with van der Waals surface area (Å²) in [5, 5.41) is 14.3. The Morgan fingerprint density at radius 2 is 1.85 bits per heavy atom. The number of dihydropyridines is 1. The molecule has 1 aliphatic heterocycles. The molecule has 1 aromatic rings. The molecule has 1 aromatic carbocycles. The Morgan fingerprint density at radius 1 is 1.20 bits per heavy atom. The van der Waals surface area contributed by atoms with Gasteiger partial charge in [-0.2, -0.15) is 0 Å². The highest BCUT2D eigenvalue weighted by Gasteiger charge is 2.30. The molecule has 1 heterocycles. The average molecular weight is 272 g/mol. The van der Waals surface area contributed by atoms with Gasteiger partial charge in [0.05, 0.1) is 4.92 Å². The van der Waals surface area contributed by atoms with Crippen LogP contribution in [0.3, 0.4) is 0 Å². The third-order valence-electron chi connectivity index (χ3n) is 3.71. The Bertz CT molecular complexity index is 644. The quantitative estimate of drug-likeness (QED) is 0.521. The van der Waals surface area contributed by atoms with E-state index in [4.69, 9.17) is 0 Å². The van der Waals surface area contributed by atoms with Crippen molar-refractivity contribution in [2.75, 3.05) is 0 Å². The van der Waals surface area contributed by atoms with Gasteiger partial charge in [-0.05, 0) is 26.3 Å². The minimum atomic E-state index is -0.405. The van der Waals surface area contributed by atoms with Crippen LogP contribution in [0.2, 0.25) is 0 Å². The van der Waals surface area contributed by atoms with E-state index in [-0.39, 0.29) is 11.6 Å². The monoisotopic (exact) mass is 272 g/mol. The van der Waals surface area contributed by atoms with Crippen LogP contribution in [0, 0.1) is 10.1 Å². The van der Waals surface area contributed by atoms with Crippen molar-refractivity contribution in [2.24, 2.45) is 0 Å². The second-order valence-corrected chi connectivity index (χ2v) is 4.88. The molecule has 20 heavy (non-hydrogen) atoms. The predicted molar refractivity (Wildman–Crippen MR) is 76.1 cm³/mol. The van der Waals surface area contributed by atoms with Crippen LogP contribution >= 0.6 is 0 Å². The molecule has 0 amide bonds. The number of allylic oxidation sites excluding steroid dienone is 4. The van der Waals surface area contributed by atoms with Crippen molar-refractivity contribution in [1.82, 2.24) is 5.32 Å². The highest BCUT2D eigenvalue weighted by Crippen LogP contribution is 2.40. The van der Waals surface area contributed by atoms with Crippen LogP contribution in [0.15, 0.2) is 46.8 Å². The minimum absolute atomic E-state index is 0.0405. The second-order valence-electron chi connectivity index (χ2n) is 4.88. The fourth-order valence-electron chi connectivity index (χ4n) is 2.57. The van der Waals surface area contributed by atoms with Gasteiger partial charge >= 0.3 is 0 Å². The Balaban J connectivity index is 2.68. The van der Waals surface area contributed by atoms with Crippen molar-refractivity contribution >= 4 is 12.0 Å². The molecule has 0 spiro atoms. The third-order valence-corrected chi connectivity index (χ3v) is 3.71. The zero-order valence-corrected chi connectivity index (χ0v) is 11.6. The standard InChI is InChI=1S/C15H16N2O3/c1-9-10(2)16-11(3)13(8-18)15(9)12-6-4-5-7-14(12)17(19)20/h4-8,15-16H,1-3H3. The van der Waals surface area contributed by atoms with Crippen molar-refractivity contribution in [3.8, 4) is 0 Å². The highest BCUT2D eigenvalue weighted by atomic mass is 16.6. The first-order valence-corrected chi connectivity index (χ1v) is 6.31. The molecular formula is C15H16N2O3. The minimum Gasteiger partial charge on any atom is -0.362 e. The lowest BCUT2D eigenvalue weighted by molar-refractivity contribution is -0.385. The molecular weight excluding hydrogens is 256 g/mol. The molecule has 5 nitrogen and oxygen atoms in total. The average Bonchev–Trinajstić information content (AvgIpc) is 2.42. The maximum atomic E-state index is 11.4. The lowest BCUT2D eigenvalue weighted by Gasteiger charge is -2.28. The molecule has 5 heteroatoms. The number of benzene rings is 1. The van der Waals surface area contributed by atoms with Crippen LogP contribution in [-0.2, 0) is 4.79 Å². The van der Waals surface area contributed by atoms with E-state index < -0.39 is 4.92 Å². The number of carbonyl (C=O) groups is 1. The summed E-state index contributed by atoms with van der Waals surface area (Å²) >= 11 is 0. The molecule has 0 fully saturated rings. The van der Waals surface area contributed by atoms with Crippen LogP contribution in [0.4, 0.5) is 5.69 Å². The van der Waals surface area contributed by atoms with E-state index in [2.05, 4.69) is 5.32 Å². The van der Waals surface area contributed by atoms with Gasteiger partial charge in [0.15, 0.2) is 0 Å². The largest absolute Gasteiger partial charge is 0.362 e. The fraction of sp³-hybridized carbons (Fsp3) is 0.267. The van der Waals surface area contributed by atoms with Gasteiger partial charge in [0.25, 0.3) is 5.69 Å². The maximum absolute atomic E-state index is 11.4. The van der Waals surface area contributed by atoms with E-state index in [1.165, 1.54) is 6.07 Å². The van der Waals surface area contributed by atoms with Crippen molar-refractivity contribution in [2.45, 2.75) is 26.7 Å². The van der Waals surface area contributed by atoms with Gasteiger partial charge in [-0.15, -0.1) is 0 Å². The summed E-state index contributed by atoms with van der Waals surface area (Å²) in [6.07, 6.45) is 0.777. The van der Waals surface area contributed by atoms with E-state index in [0.29, 0.717) is 11.1 Å². The van der Waals surface area contributed by atoms with Crippen LogP contribution in [-0.4, -0.2) is 11.2 Å². The zero-order chi connectivity index (χ0) is 14.9. The van der Waals surface area contributed by atoms with Crippen LogP contribution < -0.4 is 5.32 Å². The Hall–Kier alpha value is -2.43. The van der Waals surface area contributed by atoms with Gasteiger partial charge in [-0.1, -0.05) is 18.2 Å². The number of rotatable bonds is 3. The summed E-state index contributed by atoms with van der Waals surface area (Å²) < 4.78 is 0. The Morgan fingerprint density at radius 3 is 2.45 bits per heavy atom. The van der Waals surface area contributed by atoms with E-state index in [1.54, 1.807) is 25.1 Å². The van der Waals surface area contributed by atoms with Gasteiger partial charge in [0.2, 0.25) is 0 Å². The van der Waals surface area contributed by atoms with Gasteiger partial charge < -0.3 is 5.32 Å². The Labute approximate surface area is 117 Å². The maximum Gasteiger partial charge on any atom is 0.273 e. The topological polar surface area (TPSA) is 72.2 Å². The van der Waals surface area contributed by atoms with Gasteiger partial charge in [-0.3, -0.25) is 14.9 Å². The number of nitro benzene ring substituents is 1. The van der Waals surface area contributed by atoms with Crippen LogP contribution in [0.25, 0.3) is 0 Å². The lowest BCUT2D eigenvalue weighted by atomic mass is 9.81. The molecule has 0 aliphatic carbocycles. The molecule has 1 atom stereocenters. The molecule has 2 rings (SSSR count). The summed E-state index contributed by atoms with van der Waals surface area (Å²) in [7, 11) is 0. The number of nitro groups is 1. The number of carbonyl (C=O) groups excluding carboxylic acids is 1. The second kappa shape index (κ2) is 5.28. The Kier molecular flexibility index (Phi) is 3.70. The number of nitrogens with one attached hydrogen (secondary N) is 1. The highest BCUT2D eigenvalue weighted by molar-refractivity contribution is 5.80. The van der Waals surface area contributed by atoms with Crippen molar-refractivity contribution in [3.63, 3.8) is 0 Å². The molecule has 1 N–H and O–H groups in total. The summed E-state index contributed by atoms with van der Waals surface area (Å²) in [5.41, 5.74) is 3.73. The zero-order valence-electron chi connectivity index (χ0n) is 11.6. The van der Waals surface area contributed by atoms with E-state index in [9.17, 15) is 14.9 Å². The normalized spacial score (nSPS) is 18.9. The smallest absolute Gasteiger partial charge is 0.273 e. The van der Waals surface area contributed by atoms with Gasteiger partial charge in [-0.25, -0.2) is 0 Å². The number of para-hydroxylation sites is 1. The lowest BCUT2D eigenvalue weighted by Crippen LogP contribution is -2.24. The molecule has 1 aliphatic rings. The molecule has 0 radical (unpaired) electrons. The molecule has 104 valence electrons. The molecule has 0 aromatic heterocycles. The number of hydrogen-bond acceptors (Lipinski definition) is 4.